The first-order chi connectivity index (χ1) is 10.2. The van der Waals surface area contributed by atoms with Crippen molar-refractivity contribution in [3.63, 3.8) is 0 Å². The van der Waals surface area contributed by atoms with Crippen LogP contribution in [0.1, 0.15) is 25.5 Å². The van der Waals surface area contributed by atoms with Gasteiger partial charge in [-0.25, -0.2) is 4.98 Å². The van der Waals surface area contributed by atoms with Crippen molar-refractivity contribution < 1.29 is 4.74 Å². The Hall–Kier alpha value is -1.59. The molecule has 5 heteroatoms. The molecule has 112 valence electrons. The molecule has 0 aliphatic heterocycles. The lowest BCUT2D eigenvalue weighted by Gasteiger charge is -2.17. The maximum absolute atomic E-state index is 5.67. The average molecular weight is 303 g/mol. The third-order valence-electron chi connectivity index (χ3n) is 2.94. The summed E-state index contributed by atoms with van der Waals surface area (Å²) in [5.74, 6) is 1.81. The van der Waals surface area contributed by atoms with Crippen molar-refractivity contribution in [1.82, 2.24) is 15.3 Å². The van der Waals surface area contributed by atoms with Crippen LogP contribution in [0, 0.1) is 0 Å². The molecular weight excluding hydrogens is 282 g/mol. The van der Waals surface area contributed by atoms with Crippen LogP contribution in [0.5, 0.6) is 5.75 Å². The van der Waals surface area contributed by atoms with Gasteiger partial charge in [0.25, 0.3) is 0 Å². The second-order valence-electron chi connectivity index (χ2n) is 4.93. The van der Waals surface area contributed by atoms with E-state index in [1.165, 1.54) is 5.56 Å². The molecule has 0 bridgehead atoms. The number of rotatable bonds is 7. The van der Waals surface area contributed by atoms with Crippen LogP contribution in [0.2, 0.25) is 0 Å². The van der Waals surface area contributed by atoms with Crippen molar-refractivity contribution in [1.29, 1.82) is 0 Å². The molecule has 1 N–H and O–H groups in total. The Morgan fingerprint density at radius 1 is 1.19 bits per heavy atom. The van der Waals surface area contributed by atoms with Crippen LogP contribution in [0.15, 0.2) is 47.9 Å². The lowest BCUT2D eigenvalue weighted by molar-refractivity contribution is 0.242. The first-order valence-electron chi connectivity index (χ1n) is 7.01. The normalized spacial score (nSPS) is 12.4. The van der Waals surface area contributed by atoms with Crippen molar-refractivity contribution in [2.24, 2.45) is 0 Å². The molecule has 21 heavy (non-hydrogen) atoms. The SMILES string of the molecule is CNC(CSc1cnccn1)c1ccc(OC(C)C)cc1. The number of thioether (sulfide) groups is 1. The highest BCUT2D eigenvalue weighted by molar-refractivity contribution is 7.99. The number of ether oxygens (including phenoxy) is 1. The van der Waals surface area contributed by atoms with Crippen LogP contribution >= 0.6 is 11.8 Å². The topological polar surface area (TPSA) is 47.0 Å². The lowest BCUT2D eigenvalue weighted by Crippen LogP contribution is -2.18. The molecule has 0 aliphatic rings. The van der Waals surface area contributed by atoms with Crippen LogP contribution in [-0.2, 0) is 0 Å². The summed E-state index contributed by atoms with van der Waals surface area (Å²) >= 11 is 1.70. The minimum Gasteiger partial charge on any atom is -0.491 e. The average Bonchev–Trinajstić information content (AvgIpc) is 2.50. The Morgan fingerprint density at radius 2 is 1.95 bits per heavy atom. The molecule has 0 spiro atoms. The summed E-state index contributed by atoms with van der Waals surface area (Å²) in [4.78, 5) is 8.36. The van der Waals surface area contributed by atoms with Gasteiger partial charge in [-0.3, -0.25) is 4.98 Å². The van der Waals surface area contributed by atoms with Gasteiger partial charge in [-0.15, -0.1) is 11.8 Å². The zero-order valence-electron chi connectivity index (χ0n) is 12.6. The number of hydrogen-bond donors (Lipinski definition) is 1. The summed E-state index contributed by atoms with van der Waals surface area (Å²) in [6.45, 7) is 4.06. The predicted octanol–water partition coefficient (Wildman–Crippen LogP) is 3.32. The van der Waals surface area contributed by atoms with Crippen LogP contribution in [0.3, 0.4) is 0 Å². The summed E-state index contributed by atoms with van der Waals surface area (Å²) < 4.78 is 5.67. The largest absolute Gasteiger partial charge is 0.491 e. The van der Waals surface area contributed by atoms with Crippen molar-refractivity contribution in [3.8, 4) is 5.75 Å². The Kier molecular flexibility index (Phi) is 6.02. The van der Waals surface area contributed by atoms with Crippen LogP contribution in [-0.4, -0.2) is 28.9 Å². The Bertz CT molecular complexity index is 531. The van der Waals surface area contributed by atoms with E-state index in [0.717, 1.165) is 16.5 Å². The number of aromatic nitrogens is 2. The fraction of sp³-hybridized carbons (Fsp3) is 0.375. The third kappa shape index (κ3) is 5.02. The van der Waals surface area contributed by atoms with Gasteiger partial charge in [0, 0.05) is 24.2 Å². The van der Waals surface area contributed by atoms with Crippen molar-refractivity contribution >= 4 is 11.8 Å². The fourth-order valence-electron chi connectivity index (χ4n) is 1.93. The quantitative estimate of drug-likeness (QED) is 0.795. The van der Waals surface area contributed by atoms with Crippen LogP contribution < -0.4 is 10.1 Å². The molecule has 1 aromatic heterocycles. The molecule has 0 saturated carbocycles. The highest BCUT2D eigenvalue weighted by Gasteiger charge is 2.10. The standard InChI is InChI=1S/C16H21N3OS/c1-12(2)20-14-6-4-13(5-7-14)15(17-3)11-21-16-10-18-8-9-19-16/h4-10,12,15,17H,11H2,1-3H3. The molecule has 1 aromatic carbocycles. The molecule has 0 fully saturated rings. The Labute approximate surface area is 130 Å². The molecule has 0 aliphatic carbocycles. The van der Waals surface area contributed by atoms with E-state index in [0.29, 0.717) is 0 Å². The minimum absolute atomic E-state index is 0.197. The van der Waals surface area contributed by atoms with E-state index >= 15 is 0 Å². The lowest BCUT2D eigenvalue weighted by atomic mass is 10.1. The molecule has 2 rings (SSSR count). The number of nitrogens with one attached hydrogen (secondary N) is 1. The second-order valence-corrected chi connectivity index (χ2v) is 5.97. The van der Waals surface area contributed by atoms with Crippen molar-refractivity contribution in [3.05, 3.63) is 48.4 Å². The van der Waals surface area contributed by atoms with Gasteiger partial charge in [0.1, 0.15) is 10.8 Å². The van der Waals surface area contributed by atoms with E-state index in [4.69, 9.17) is 4.74 Å². The Balaban J connectivity index is 1.97. The molecule has 0 amide bonds. The molecule has 1 unspecified atom stereocenters. The van der Waals surface area contributed by atoms with Gasteiger partial charge in [-0.2, -0.15) is 0 Å². The summed E-state index contributed by atoms with van der Waals surface area (Å²) in [5.41, 5.74) is 1.24. The fourth-order valence-corrected chi connectivity index (χ4v) is 2.89. The Morgan fingerprint density at radius 3 is 2.52 bits per heavy atom. The van der Waals surface area contributed by atoms with Crippen molar-refractivity contribution in [2.45, 2.75) is 31.0 Å². The monoisotopic (exact) mass is 303 g/mol. The van der Waals surface area contributed by atoms with Gasteiger partial charge in [-0.05, 0) is 38.6 Å². The zero-order valence-corrected chi connectivity index (χ0v) is 13.4. The van der Waals surface area contributed by atoms with Gasteiger partial charge in [0.2, 0.25) is 0 Å². The van der Waals surface area contributed by atoms with Crippen LogP contribution in [0.4, 0.5) is 0 Å². The van der Waals surface area contributed by atoms with E-state index in [2.05, 4.69) is 27.4 Å². The predicted molar refractivity (Wildman–Crippen MR) is 86.8 cm³/mol. The van der Waals surface area contributed by atoms with Gasteiger partial charge >= 0.3 is 0 Å². The van der Waals surface area contributed by atoms with Gasteiger partial charge < -0.3 is 10.1 Å². The summed E-state index contributed by atoms with van der Waals surface area (Å²) in [6, 6.07) is 8.52. The number of hydrogen-bond acceptors (Lipinski definition) is 5. The zero-order chi connectivity index (χ0) is 15.1. The highest BCUT2D eigenvalue weighted by atomic mass is 32.2. The molecule has 1 heterocycles. The molecule has 4 nitrogen and oxygen atoms in total. The molecule has 2 aromatic rings. The van der Waals surface area contributed by atoms with E-state index in [-0.39, 0.29) is 12.1 Å². The van der Waals surface area contributed by atoms with Gasteiger partial charge in [-0.1, -0.05) is 12.1 Å². The highest BCUT2D eigenvalue weighted by Crippen LogP contribution is 2.24. The summed E-state index contributed by atoms with van der Waals surface area (Å²) in [5, 5.41) is 4.28. The third-order valence-corrected chi connectivity index (χ3v) is 3.95. The molecule has 1 atom stereocenters. The minimum atomic E-state index is 0.197. The van der Waals surface area contributed by atoms with Gasteiger partial charge in [0.15, 0.2) is 0 Å². The first-order valence-corrected chi connectivity index (χ1v) is 8.00. The smallest absolute Gasteiger partial charge is 0.119 e. The molecule has 0 radical (unpaired) electrons. The van der Waals surface area contributed by atoms with Gasteiger partial charge in [0.05, 0.1) is 12.3 Å². The van der Waals surface area contributed by atoms with E-state index < -0.39 is 0 Å². The maximum atomic E-state index is 5.67. The van der Waals surface area contributed by atoms with Crippen LogP contribution in [0.25, 0.3) is 0 Å². The number of nitrogens with zero attached hydrogens (tertiary/aromatic N) is 2. The van der Waals surface area contributed by atoms with Crippen molar-refractivity contribution in [2.75, 3.05) is 12.8 Å². The molecule has 0 saturated heterocycles. The first kappa shape index (κ1) is 15.8. The second kappa shape index (κ2) is 8.00. The number of benzene rings is 1. The molecular formula is C16H21N3OS. The summed E-state index contributed by atoms with van der Waals surface area (Å²) in [6.07, 6.45) is 5.39. The van der Waals surface area contributed by atoms with E-state index in [1.807, 2.05) is 33.0 Å². The summed E-state index contributed by atoms with van der Waals surface area (Å²) in [7, 11) is 1.97. The maximum Gasteiger partial charge on any atom is 0.119 e. The van der Waals surface area contributed by atoms with E-state index in [9.17, 15) is 0 Å². The van der Waals surface area contributed by atoms with E-state index in [1.54, 1.807) is 30.4 Å².